The van der Waals surface area contributed by atoms with Gasteiger partial charge in [0.2, 0.25) is 0 Å². The van der Waals surface area contributed by atoms with E-state index in [0.717, 1.165) is 42.0 Å². The number of amides is 1. The minimum atomic E-state index is -0.198. The van der Waals surface area contributed by atoms with Crippen LogP contribution in [-0.2, 0) is 4.79 Å². The molecule has 2 aromatic carbocycles. The predicted octanol–water partition coefficient (Wildman–Crippen LogP) is 3.93. The number of nitrogens with zero attached hydrogens (tertiary/aromatic N) is 2. The Morgan fingerprint density at radius 2 is 1.89 bits per heavy atom. The van der Waals surface area contributed by atoms with Gasteiger partial charge in [-0.15, -0.1) is 0 Å². The molecular weight excluding hydrogens is 370 g/mol. The third-order valence-corrected chi connectivity index (χ3v) is 5.47. The lowest BCUT2D eigenvalue weighted by Crippen LogP contribution is -2.86. The summed E-state index contributed by atoms with van der Waals surface area (Å²) in [6.45, 7) is 3.57. The molecule has 2 heterocycles. The monoisotopic (exact) mass is 394 g/mol. The van der Waals surface area contributed by atoms with Crippen LogP contribution in [0.1, 0.15) is 37.1 Å². The number of para-hydroxylation sites is 2. The Balaban J connectivity index is 1.79. The molecule has 1 aromatic heterocycles. The zero-order chi connectivity index (χ0) is 19.5. The highest BCUT2D eigenvalue weighted by Gasteiger charge is 2.36. The van der Waals surface area contributed by atoms with Gasteiger partial charge in [-0.2, -0.15) is 0 Å². The lowest BCUT2D eigenvalue weighted by Gasteiger charge is -2.38. The summed E-state index contributed by atoms with van der Waals surface area (Å²) in [7, 11) is 0. The minimum Gasteiger partial charge on any atom is -0.338 e. The van der Waals surface area contributed by atoms with E-state index >= 15 is 0 Å². The Morgan fingerprint density at radius 3 is 2.68 bits per heavy atom. The highest BCUT2D eigenvalue weighted by Crippen LogP contribution is 2.42. The average Bonchev–Trinajstić information content (AvgIpc) is 3.20. The van der Waals surface area contributed by atoms with Crippen molar-refractivity contribution in [2.45, 2.75) is 25.8 Å². The largest absolute Gasteiger partial charge is 0.338 e. The highest BCUT2D eigenvalue weighted by molar-refractivity contribution is 6.30. The summed E-state index contributed by atoms with van der Waals surface area (Å²) >= 11 is 6.29. The highest BCUT2D eigenvalue weighted by atomic mass is 35.5. The van der Waals surface area contributed by atoms with Crippen LogP contribution in [-0.4, -0.2) is 23.6 Å². The van der Waals surface area contributed by atoms with Crippen LogP contribution < -0.4 is 10.2 Å². The molecule has 5 heteroatoms. The Labute approximate surface area is 170 Å². The Bertz CT molecular complexity index is 981. The van der Waals surface area contributed by atoms with Crippen molar-refractivity contribution < 1.29 is 10.1 Å². The molecule has 0 spiro atoms. The summed E-state index contributed by atoms with van der Waals surface area (Å²) in [5.41, 5.74) is 4.06. The molecule has 144 valence electrons. The second-order valence-electron chi connectivity index (χ2n) is 7.15. The Hall–Kier alpha value is -2.56. The van der Waals surface area contributed by atoms with Gasteiger partial charge in [-0.3, -0.25) is 9.69 Å². The molecule has 0 saturated heterocycles. The van der Waals surface area contributed by atoms with Gasteiger partial charge in [0.1, 0.15) is 6.04 Å². The van der Waals surface area contributed by atoms with Crippen molar-refractivity contribution >= 4 is 23.2 Å². The van der Waals surface area contributed by atoms with Gasteiger partial charge in [0.05, 0.1) is 23.6 Å². The molecule has 1 atom stereocenters. The standard InChI is InChI=1S/C23H24ClN3O/c1-2-3-13-25-16-22(28)27-20-11-5-4-10-19(20)26-14-7-12-21(26)23(27)17-8-6-9-18(24)15-17/h4-12,14-15,23,25H,2-3,13,16H2,1H3/p+1/t23-/m0/s1. The lowest BCUT2D eigenvalue weighted by molar-refractivity contribution is -0.644. The van der Waals surface area contributed by atoms with Crippen molar-refractivity contribution in [1.29, 1.82) is 0 Å². The number of quaternary nitrogens is 1. The fraction of sp³-hybridized carbons (Fsp3) is 0.261. The van der Waals surface area contributed by atoms with Gasteiger partial charge >= 0.3 is 0 Å². The lowest BCUT2D eigenvalue weighted by atomic mass is 9.97. The first-order valence-corrected chi connectivity index (χ1v) is 10.2. The maximum Gasteiger partial charge on any atom is 0.283 e. The van der Waals surface area contributed by atoms with Crippen LogP contribution in [0.4, 0.5) is 5.69 Å². The van der Waals surface area contributed by atoms with Crippen LogP contribution in [0.3, 0.4) is 0 Å². The number of carbonyl (C=O) groups is 1. The molecule has 1 amide bonds. The van der Waals surface area contributed by atoms with Crippen LogP contribution in [0, 0.1) is 0 Å². The molecule has 4 rings (SSSR count). The van der Waals surface area contributed by atoms with E-state index in [1.54, 1.807) is 0 Å². The van der Waals surface area contributed by atoms with E-state index < -0.39 is 0 Å². The molecule has 1 aliphatic rings. The van der Waals surface area contributed by atoms with Crippen LogP contribution in [0.25, 0.3) is 5.69 Å². The number of hydrogen-bond donors (Lipinski definition) is 1. The molecule has 2 N–H and O–H groups in total. The normalized spacial score (nSPS) is 15.2. The molecule has 1 aliphatic heterocycles. The molecule has 3 aromatic rings. The van der Waals surface area contributed by atoms with E-state index in [1.807, 2.05) is 53.4 Å². The first-order valence-electron chi connectivity index (χ1n) is 9.86. The van der Waals surface area contributed by atoms with Gasteiger partial charge in [-0.1, -0.05) is 49.2 Å². The smallest absolute Gasteiger partial charge is 0.283 e. The number of benzene rings is 2. The van der Waals surface area contributed by atoms with Crippen LogP contribution >= 0.6 is 11.6 Å². The average molecular weight is 395 g/mol. The molecule has 0 fully saturated rings. The van der Waals surface area contributed by atoms with Crippen molar-refractivity contribution in [3.63, 3.8) is 0 Å². The molecule has 0 bridgehead atoms. The van der Waals surface area contributed by atoms with Crippen molar-refractivity contribution in [2.24, 2.45) is 0 Å². The van der Waals surface area contributed by atoms with Crippen molar-refractivity contribution in [3.8, 4) is 5.69 Å². The molecule has 4 nitrogen and oxygen atoms in total. The number of carbonyl (C=O) groups excluding carboxylic acids is 1. The van der Waals surface area contributed by atoms with E-state index in [2.05, 4.69) is 35.1 Å². The maximum atomic E-state index is 13.4. The summed E-state index contributed by atoms with van der Waals surface area (Å²) < 4.78 is 2.17. The zero-order valence-corrected chi connectivity index (χ0v) is 16.8. The Morgan fingerprint density at radius 1 is 1.07 bits per heavy atom. The van der Waals surface area contributed by atoms with E-state index in [1.165, 1.54) is 0 Å². The number of fused-ring (bicyclic) bond motifs is 3. The summed E-state index contributed by atoms with van der Waals surface area (Å²) in [4.78, 5) is 15.3. The topological polar surface area (TPSA) is 41.9 Å². The number of aromatic nitrogens is 1. The molecule has 0 saturated carbocycles. The maximum absolute atomic E-state index is 13.4. The number of halogens is 1. The second-order valence-corrected chi connectivity index (χ2v) is 7.58. The number of anilines is 1. The molecule has 0 unspecified atom stereocenters. The minimum absolute atomic E-state index is 0.112. The fourth-order valence-electron chi connectivity index (χ4n) is 3.93. The van der Waals surface area contributed by atoms with Crippen LogP contribution in [0.2, 0.25) is 5.02 Å². The van der Waals surface area contributed by atoms with Gasteiger partial charge in [-0.05, 0) is 48.4 Å². The van der Waals surface area contributed by atoms with Crippen molar-refractivity contribution in [1.82, 2.24) is 4.57 Å². The molecule has 0 radical (unpaired) electrons. The summed E-state index contributed by atoms with van der Waals surface area (Å²) in [5, 5.41) is 2.79. The van der Waals surface area contributed by atoms with Gasteiger partial charge < -0.3 is 9.88 Å². The van der Waals surface area contributed by atoms with Gasteiger partial charge in [-0.25, -0.2) is 0 Å². The first kappa shape index (κ1) is 18.8. The quantitative estimate of drug-likeness (QED) is 0.632. The third kappa shape index (κ3) is 3.46. The molecule has 28 heavy (non-hydrogen) atoms. The number of rotatable bonds is 6. The first-order chi connectivity index (χ1) is 13.7. The van der Waals surface area contributed by atoms with E-state index in [-0.39, 0.29) is 11.9 Å². The molecular formula is C23H25ClN3O+. The van der Waals surface area contributed by atoms with Gasteiger partial charge in [0.15, 0.2) is 6.54 Å². The Kier molecular flexibility index (Phi) is 5.51. The zero-order valence-electron chi connectivity index (χ0n) is 16.0. The number of nitrogens with two attached hydrogens (primary N) is 1. The third-order valence-electron chi connectivity index (χ3n) is 5.23. The number of hydrogen-bond acceptors (Lipinski definition) is 1. The SMILES string of the molecule is CCCC[NH2+]CC(=O)N1c2ccccc2-n2cccc2[C@@H]1c1cccc(Cl)c1. The van der Waals surface area contributed by atoms with E-state index in [9.17, 15) is 4.79 Å². The second kappa shape index (κ2) is 8.21. The molecule has 0 aliphatic carbocycles. The summed E-state index contributed by atoms with van der Waals surface area (Å²) in [6, 6.07) is 19.8. The summed E-state index contributed by atoms with van der Waals surface area (Å²) in [5.74, 6) is 0.112. The van der Waals surface area contributed by atoms with E-state index in [4.69, 9.17) is 11.6 Å². The van der Waals surface area contributed by atoms with Crippen LogP contribution in [0.5, 0.6) is 0 Å². The van der Waals surface area contributed by atoms with Crippen molar-refractivity contribution in [2.75, 3.05) is 18.0 Å². The van der Waals surface area contributed by atoms with E-state index in [0.29, 0.717) is 11.6 Å². The van der Waals surface area contributed by atoms with Crippen molar-refractivity contribution in [3.05, 3.63) is 83.1 Å². The fourth-order valence-corrected chi connectivity index (χ4v) is 4.13. The number of unbranched alkanes of at least 4 members (excludes halogenated alkanes) is 1. The summed E-state index contributed by atoms with van der Waals surface area (Å²) in [6.07, 6.45) is 4.31. The van der Waals surface area contributed by atoms with Crippen LogP contribution in [0.15, 0.2) is 66.9 Å². The van der Waals surface area contributed by atoms with Gasteiger partial charge in [0, 0.05) is 11.2 Å². The van der Waals surface area contributed by atoms with Gasteiger partial charge in [0.25, 0.3) is 5.91 Å². The predicted molar refractivity (Wildman–Crippen MR) is 113 cm³/mol.